The van der Waals surface area contributed by atoms with Gasteiger partial charge in [-0.25, -0.2) is 0 Å². The Morgan fingerprint density at radius 2 is 1.18 bits per heavy atom. The lowest BCUT2D eigenvalue weighted by Crippen LogP contribution is -2.59. The smallest absolute Gasteiger partial charge is 0.317 e. The Hall–Kier alpha value is -8.15. The van der Waals surface area contributed by atoms with Crippen molar-refractivity contribution in [3.8, 4) is 0 Å². The number of carboxylic acids is 5. The molecular formula is C50H69N11O17S. The van der Waals surface area contributed by atoms with Gasteiger partial charge in [0.15, 0.2) is 5.11 Å². The summed E-state index contributed by atoms with van der Waals surface area (Å²) in [6.45, 7) is 1.99. The molecule has 1 aliphatic rings. The molecule has 1 fully saturated rings. The quantitative estimate of drug-likeness (QED) is 0.0257. The topological polar surface area (TPSA) is 412 Å². The zero-order valence-electron chi connectivity index (χ0n) is 43.6. The van der Waals surface area contributed by atoms with E-state index in [1.165, 1.54) is 0 Å². The lowest BCUT2D eigenvalue weighted by molar-refractivity contribution is -0.140. The average Bonchev–Trinajstić information content (AvgIpc) is 3.46. The fraction of sp³-hybridized carbons (Fsp3) is 0.500. The maximum absolute atomic E-state index is 13.7. The van der Waals surface area contributed by atoms with Crippen LogP contribution >= 0.6 is 12.2 Å². The summed E-state index contributed by atoms with van der Waals surface area (Å²) >= 11 is 5.32. The van der Waals surface area contributed by atoms with Crippen molar-refractivity contribution in [1.29, 1.82) is 0 Å². The van der Waals surface area contributed by atoms with Crippen LogP contribution in [0.25, 0.3) is 0 Å². The number of amides is 6. The Kier molecular flexibility index (Phi) is 27.9. The predicted molar refractivity (Wildman–Crippen MR) is 284 cm³/mol. The predicted octanol–water partition coefficient (Wildman–Crippen LogP) is -2.94. The van der Waals surface area contributed by atoms with Crippen molar-refractivity contribution in [3.05, 3.63) is 65.7 Å². The summed E-state index contributed by atoms with van der Waals surface area (Å²) in [4.78, 5) is 154. The molecule has 28 nitrogen and oxygen atoms in total. The lowest BCUT2D eigenvalue weighted by Gasteiger charge is -2.33. The molecule has 2 aromatic carbocycles. The number of benzene rings is 2. The van der Waals surface area contributed by atoms with E-state index < -0.39 is 134 Å². The first-order valence-electron chi connectivity index (χ1n) is 25.1. The first-order chi connectivity index (χ1) is 37.4. The summed E-state index contributed by atoms with van der Waals surface area (Å²) in [5.74, 6) is -11.6. The molecule has 0 saturated carbocycles. The van der Waals surface area contributed by atoms with Gasteiger partial charge in [0.25, 0.3) is 0 Å². The first kappa shape index (κ1) is 65.1. The number of anilines is 1. The van der Waals surface area contributed by atoms with E-state index in [-0.39, 0.29) is 76.7 Å². The highest BCUT2D eigenvalue weighted by Gasteiger charge is 2.33. The lowest BCUT2D eigenvalue weighted by atomic mass is 9.97. The minimum absolute atomic E-state index is 0.0373. The van der Waals surface area contributed by atoms with Gasteiger partial charge in [0.2, 0.25) is 35.4 Å². The standard InChI is InChI=1S/C50H69N11O17S/c1-3-30(2)46(49(78)56-36(13-14-41(66)67)47(76)57-37(20-31-7-5-4-6-8-31)48(77)54-34(29-62)21-42(68)69)58-40(65)24-52-38(63)22-51-39(64)23-53-50(79)55-33-11-9-32(10-12-33)19-35-25-60(27-44(72)73)16-15-59(26-43(70)71)17-18-61(35)28-45(74)75/h4-12,29-30,34-37,46H,3,13-28H2,1-2H3,(H,51,64)(H,52,63)(H,54,77)(H,56,78)(H,57,76)(H,58,65)(H,66,67)(H,68,69)(H,70,71)(H,72,73)(H,74,75)(H2,53,55,79). The second-order valence-corrected chi connectivity index (χ2v) is 19.0. The van der Waals surface area contributed by atoms with Crippen LogP contribution in [0.5, 0.6) is 0 Å². The number of rotatable bonds is 32. The van der Waals surface area contributed by atoms with Crippen molar-refractivity contribution in [2.75, 3.05) is 77.3 Å². The van der Waals surface area contributed by atoms with Crippen molar-refractivity contribution in [2.45, 2.75) is 82.6 Å². The molecular weight excluding hydrogens is 1060 g/mol. The summed E-state index contributed by atoms with van der Waals surface area (Å²) in [5, 5.41) is 67.2. The molecule has 432 valence electrons. The molecule has 0 bridgehead atoms. The van der Waals surface area contributed by atoms with E-state index in [1.54, 1.807) is 83.1 Å². The van der Waals surface area contributed by atoms with Gasteiger partial charge in [-0.2, -0.15) is 0 Å². The highest BCUT2D eigenvalue weighted by atomic mass is 32.1. The molecule has 0 radical (unpaired) electrons. The van der Waals surface area contributed by atoms with Gasteiger partial charge in [-0.3, -0.25) is 67.4 Å². The third-order valence-corrected chi connectivity index (χ3v) is 12.6. The Bertz CT molecular complexity index is 2470. The Labute approximate surface area is 459 Å². The van der Waals surface area contributed by atoms with E-state index in [2.05, 4.69) is 42.5 Å². The summed E-state index contributed by atoms with van der Waals surface area (Å²) in [7, 11) is 0. The van der Waals surface area contributed by atoms with Gasteiger partial charge in [-0.05, 0) is 54.2 Å². The SMILES string of the molecule is CCC(C)C(NC(=O)CNC(=O)CNC(=O)CNC(=S)Nc1ccc(CC2CN(CC(=O)O)CCN(CC(=O)O)CCN2CC(=O)O)cc1)C(=O)NC(CCC(=O)O)C(=O)NC(Cc1ccccc1)C(=O)NC(C=O)CC(=O)O. The largest absolute Gasteiger partial charge is 0.481 e. The number of nitrogens with one attached hydrogen (secondary N) is 8. The summed E-state index contributed by atoms with van der Waals surface area (Å²) < 4.78 is 0. The van der Waals surface area contributed by atoms with E-state index in [4.69, 9.17) is 17.3 Å². The molecule has 13 N–H and O–H groups in total. The summed E-state index contributed by atoms with van der Waals surface area (Å²) in [5.41, 5.74) is 1.85. The Morgan fingerprint density at radius 3 is 1.76 bits per heavy atom. The van der Waals surface area contributed by atoms with Crippen molar-refractivity contribution in [2.24, 2.45) is 5.92 Å². The van der Waals surface area contributed by atoms with Crippen LogP contribution in [0.1, 0.15) is 50.7 Å². The third-order valence-electron chi connectivity index (χ3n) is 12.4. The number of hydrogen-bond acceptors (Lipinski definition) is 16. The normalized spacial score (nSPS) is 15.9. The number of carbonyl (C=O) groups is 12. The molecule has 6 atom stereocenters. The molecule has 6 amide bonds. The van der Waals surface area contributed by atoms with Crippen molar-refractivity contribution in [1.82, 2.24) is 51.9 Å². The van der Waals surface area contributed by atoms with Gasteiger partial charge in [-0.1, -0.05) is 62.7 Å². The van der Waals surface area contributed by atoms with Gasteiger partial charge in [0.1, 0.15) is 24.4 Å². The molecule has 29 heteroatoms. The van der Waals surface area contributed by atoms with Crippen LogP contribution in [-0.4, -0.2) is 219 Å². The van der Waals surface area contributed by atoms with Crippen LogP contribution in [0, 0.1) is 5.92 Å². The van der Waals surface area contributed by atoms with Crippen LogP contribution in [0.15, 0.2) is 54.6 Å². The highest BCUT2D eigenvalue weighted by molar-refractivity contribution is 7.80. The van der Waals surface area contributed by atoms with Crippen LogP contribution in [0.2, 0.25) is 0 Å². The monoisotopic (exact) mass is 1130 g/mol. The highest BCUT2D eigenvalue weighted by Crippen LogP contribution is 2.17. The number of hydrogen-bond donors (Lipinski definition) is 13. The maximum Gasteiger partial charge on any atom is 0.317 e. The van der Waals surface area contributed by atoms with Gasteiger partial charge in [0, 0.05) is 57.3 Å². The van der Waals surface area contributed by atoms with E-state index in [1.807, 2.05) is 0 Å². The Balaban J connectivity index is 1.54. The van der Waals surface area contributed by atoms with Crippen LogP contribution < -0.4 is 42.5 Å². The fourth-order valence-electron chi connectivity index (χ4n) is 8.09. The molecule has 1 aliphatic heterocycles. The van der Waals surface area contributed by atoms with Crippen molar-refractivity contribution < 1.29 is 83.1 Å². The van der Waals surface area contributed by atoms with E-state index in [0.717, 1.165) is 5.56 Å². The Morgan fingerprint density at radius 1 is 0.620 bits per heavy atom. The fourth-order valence-corrected chi connectivity index (χ4v) is 8.28. The number of aliphatic carboxylic acids is 5. The van der Waals surface area contributed by atoms with Gasteiger partial charge in [0.05, 0.1) is 51.7 Å². The summed E-state index contributed by atoms with van der Waals surface area (Å²) in [6.07, 6.45) is -1.09. The molecule has 2 aromatic rings. The van der Waals surface area contributed by atoms with Gasteiger partial charge < -0.3 is 72.9 Å². The maximum atomic E-state index is 13.7. The second kappa shape index (κ2) is 33.9. The second-order valence-electron chi connectivity index (χ2n) is 18.6. The van der Waals surface area contributed by atoms with Crippen LogP contribution in [0.3, 0.4) is 0 Å². The minimum atomic E-state index is -1.57. The zero-order chi connectivity index (χ0) is 58.6. The molecule has 1 heterocycles. The zero-order valence-corrected chi connectivity index (χ0v) is 44.5. The van der Waals surface area contributed by atoms with Gasteiger partial charge in [-0.15, -0.1) is 0 Å². The molecule has 6 unspecified atom stereocenters. The first-order valence-corrected chi connectivity index (χ1v) is 25.5. The number of aldehydes is 1. The number of carboxylic acid groups (broad SMARTS) is 5. The molecule has 0 aliphatic carbocycles. The summed E-state index contributed by atoms with van der Waals surface area (Å²) in [6, 6.07) is 9.00. The average molecular weight is 1130 g/mol. The molecule has 79 heavy (non-hydrogen) atoms. The van der Waals surface area contributed by atoms with E-state index in [0.29, 0.717) is 24.1 Å². The third kappa shape index (κ3) is 25.7. The molecule has 1 saturated heterocycles. The van der Waals surface area contributed by atoms with Crippen molar-refractivity contribution >= 4 is 94.6 Å². The molecule has 0 spiro atoms. The molecule has 0 aromatic heterocycles. The van der Waals surface area contributed by atoms with Crippen molar-refractivity contribution in [3.63, 3.8) is 0 Å². The van der Waals surface area contributed by atoms with Gasteiger partial charge >= 0.3 is 29.8 Å². The van der Waals surface area contributed by atoms with Crippen LogP contribution in [0.4, 0.5) is 5.69 Å². The number of carbonyl (C=O) groups excluding carboxylic acids is 7. The number of nitrogens with zero attached hydrogens (tertiary/aromatic N) is 3. The van der Waals surface area contributed by atoms with E-state index >= 15 is 0 Å². The minimum Gasteiger partial charge on any atom is -0.481 e. The van der Waals surface area contributed by atoms with Crippen LogP contribution in [-0.2, 0) is 70.4 Å². The number of thiocarbonyl (C=S) groups is 1. The molecule has 3 rings (SSSR count). The van der Waals surface area contributed by atoms with E-state index in [9.17, 15) is 78.0 Å².